The molecule has 0 aromatic heterocycles. The molecule has 0 amide bonds. The minimum Gasteiger partial charge on any atom is -0.389 e. The third-order valence-electron chi connectivity index (χ3n) is 3.40. The van der Waals surface area contributed by atoms with Crippen LogP contribution >= 0.6 is 0 Å². The third-order valence-corrected chi connectivity index (χ3v) is 3.40. The van der Waals surface area contributed by atoms with Crippen molar-refractivity contribution in [2.45, 2.75) is 39.8 Å². The highest BCUT2D eigenvalue weighted by Crippen LogP contribution is 2.29. The highest BCUT2D eigenvalue weighted by molar-refractivity contribution is 5.55. The Labute approximate surface area is 103 Å². The van der Waals surface area contributed by atoms with E-state index in [2.05, 4.69) is 25.7 Å². The fourth-order valence-corrected chi connectivity index (χ4v) is 1.85. The van der Waals surface area contributed by atoms with Gasteiger partial charge in [-0.15, -0.1) is 0 Å². The normalized spacial score (nSPS) is 14.8. The molecule has 2 unspecified atom stereocenters. The molecule has 0 bridgehead atoms. The Balaban J connectivity index is 3.12. The summed E-state index contributed by atoms with van der Waals surface area (Å²) >= 11 is 0. The van der Waals surface area contributed by atoms with Crippen LogP contribution in [0.15, 0.2) is 18.2 Å². The van der Waals surface area contributed by atoms with E-state index in [1.807, 2.05) is 7.05 Å². The molecule has 1 aromatic carbocycles. The minimum atomic E-state index is -0.664. The van der Waals surface area contributed by atoms with Crippen LogP contribution in [-0.4, -0.2) is 18.2 Å². The Morgan fingerprint density at radius 1 is 1.18 bits per heavy atom. The molecule has 1 aromatic rings. The summed E-state index contributed by atoms with van der Waals surface area (Å²) in [4.78, 5) is 2.09. The second-order valence-corrected chi connectivity index (χ2v) is 4.97. The second kappa shape index (κ2) is 5.50. The molecule has 1 N–H and O–H groups in total. The molecular weight excluding hydrogens is 217 g/mol. The molecule has 0 saturated carbocycles. The molecule has 0 aliphatic rings. The lowest BCUT2D eigenvalue weighted by atomic mass is 10.0. The summed E-state index contributed by atoms with van der Waals surface area (Å²) in [5.41, 5.74) is 1.53. The van der Waals surface area contributed by atoms with Gasteiger partial charge in [-0.05, 0) is 38.0 Å². The molecule has 17 heavy (non-hydrogen) atoms. The zero-order valence-corrected chi connectivity index (χ0v) is 11.2. The summed E-state index contributed by atoms with van der Waals surface area (Å²) in [7, 11) is 1.98. The summed E-state index contributed by atoms with van der Waals surface area (Å²) in [6.45, 7) is 8.07. The molecular formula is C14H22FNO. The first-order valence-corrected chi connectivity index (χ1v) is 6.05. The van der Waals surface area contributed by atoms with E-state index >= 15 is 0 Å². The fourth-order valence-electron chi connectivity index (χ4n) is 1.85. The van der Waals surface area contributed by atoms with Gasteiger partial charge in [-0.3, -0.25) is 0 Å². The van der Waals surface area contributed by atoms with Gasteiger partial charge in [0.15, 0.2) is 0 Å². The van der Waals surface area contributed by atoms with E-state index in [4.69, 9.17) is 0 Å². The maximum absolute atomic E-state index is 13.2. The van der Waals surface area contributed by atoms with E-state index in [0.717, 1.165) is 5.69 Å². The van der Waals surface area contributed by atoms with Gasteiger partial charge in [0.2, 0.25) is 0 Å². The van der Waals surface area contributed by atoms with E-state index in [1.165, 1.54) is 12.1 Å². The van der Waals surface area contributed by atoms with Crippen molar-refractivity contribution in [3.05, 3.63) is 29.6 Å². The molecule has 0 aliphatic heterocycles. The first kappa shape index (κ1) is 14.0. The maximum Gasteiger partial charge on any atom is 0.123 e. The second-order valence-electron chi connectivity index (χ2n) is 4.97. The van der Waals surface area contributed by atoms with Crippen LogP contribution in [0, 0.1) is 11.7 Å². The fraction of sp³-hybridized carbons (Fsp3) is 0.571. The molecule has 2 atom stereocenters. The summed E-state index contributed by atoms with van der Waals surface area (Å²) in [6, 6.07) is 4.91. The van der Waals surface area contributed by atoms with E-state index in [9.17, 15) is 9.50 Å². The van der Waals surface area contributed by atoms with Crippen molar-refractivity contribution in [1.29, 1.82) is 0 Å². The molecule has 0 heterocycles. The Morgan fingerprint density at radius 3 is 2.24 bits per heavy atom. The van der Waals surface area contributed by atoms with Crippen LogP contribution in [0.3, 0.4) is 0 Å². The van der Waals surface area contributed by atoms with E-state index in [0.29, 0.717) is 17.5 Å². The Morgan fingerprint density at radius 2 is 1.76 bits per heavy atom. The molecule has 0 fully saturated rings. The van der Waals surface area contributed by atoms with Gasteiger partial charge in [0.25, 0.3) is 0 Å². The van der Waals surface area contributed by atoms with Crippen molar-refractivity contribution < 1.29 is 9.50 Å². The van der Waals surface area contributed by atoms with E-state index < -0.39 is 6.10 Å². The van der Waals surface area contributed by atoms with Crippen molar-refractivity contribution >= 4 is 5.69 Å². The van der Waals surface area contributed by atoms with E-state index in [1.54, 1.807) is 13.0 Å². The minimum absolute atomic E-state index is 0.310. The van der Waals surface area contributed by atoms with Gasteiger partial charge in [0.1, 0.15) is 5.82 Å². The average molecular weight is 239 g/mol. The van der Waals surface area contributed by atoms with Crippen LogP contribution < -0.4 is 4.90 Å². The molecule has 96 valence electrons. The molecule has 0 aliphatic carbocycles. The van der Waals surface area contributed by atoms with Crippen LogP contribution in [0.4, 0.5) is 10.1 Å². The molecule has 0 spiro atoms. The van der Waals surface area contributed by atoms with Crippen molar-refractivity contribution in [2.75, 3.05) is 11.9 Å². The number of rotatable bonds is 4. The van der Waals surface area contributed by atoms with E-state index in [-0.39, 0.29) is 5.82 Å². The lowest BCUT2D eigenvalue weighted by molar-refractivity contribution is 0.199. The van der Waals surface area contributed by atoms with Crippen molar-refractivity contribution in [3.63, 3.8) is 0 Å². The number of aliphatic hydroxyl groups excluding tert-OH is 1. The van der Waals surface area contributed by atoms with Crippen LogP contribution in [-0.2, 0) is 0 Å². The van der Waals surface area contributed by atoms with Gasteiger partial charge in [0, 0.05) is 24.3 Å². The zero-order chi connectivity index (χ0) is 13.2. The van der Waals surface area contributed by atoms with Gasteiger partial charge < -0.3 is 10.0 Å². The Bertz CT molecular complexity index is 376. The standard InChI is InChI=1S/C14H22FNO/c1-9(2)10(3)16(5)14-7-6-12(15)8-13(14)11(4)17/h6-11,17H,1-5H3. The smallest absolute Gasteiger partial charge is 0.123 e. The zero-order valence-electron chi connectivity index (χ0n) is 11.2. The summed E-state index contributed by atoms with van der Waals surface area (Å²) in [5.74, 6) is 0.183. The van der Waals surface area contributed by atoms with Gasteiger partial charge in [0.05, 0.1) is 6.10 Å². The average Bonchev–Trinajstić information content (AvgIpc) is 2.26. The van der Waals surface area contributed by atoms with Crippen LogP contribution in [0.5, 0.6) is 0 Å². The molecule has 1 rings (SSSR count). The molecule has 2 nitrogen and oxygen atoms in total. The van der Waals surface area contributed by atoms with Crippen LogP contribution in [0.25, 0.3) is 0 Å². The third kappa shape index (κ3) is 3.19. The lowest BCUT2D eigenvalue weighted by Gasteiger charge is -2.32. The van der Waals surface area contributed by atoms with Crippen molar-refractivity contribution in [2.24, 2.45) is 5.92 Å². The maximum atomic E-state index is 13.2. The lowest BCUT2D eigenvalue weighted by Crippen LogP contribution is -2.34. The summed E-state index contributed by atoms with van der Waals surface area (Å²) in [5, 5.41) is 9.70. The predicted molar refractivity (Wildman–Crippen MR) is 69.7 cm³/mol. The van der Waals surface area contributed by atoms with Gasteiger partial charge >= 0.3 is 0 Å². The predicted octanol–water partition coefficient (Wildman–Crippen LogP) is 3.36. The number of hydrogen-bond donors (Lipinski definition) is 1. The highest BCUT2D eigenvalue weighted by atomic mass is 19.1. The highest BCUT2D eigenvalue weighted by Gasteiger charge is 2.18. The number of benzene rings is 1. The number of nitrogens with zero attached hydrogens (tertiary/aromatic N) is 1. The SMILES string of the molecule is CC(O)c1cc(F)ccc1N(C)C(C)C(C)C. The first-order valence-electron chi connectivity index (χ1n) is 6.05. The van der Waals surface area contributed by atoms with Crippen LogP contribution in [0.1, 0.15) is 39.4 Å². The summed E-state index contributed by atoms with van der Waals surface area (Å²) in [6.07, 6.45) is -0.664. The van der Waals surface area contributed by atoms with Crippen LogP contribution in [0.2, 0.25) is 0 Å². The van der Waals surface area contributed by atoms with Gasteiger partial charge in [-0.1, -0.05) is 13.8 Å². The molecule has 0 saturated heterocycles. The number of anilines is 1. The van der Waals surface area contributed by atoms with Crippen molar-refractivity contribution in [1.82, 2.24) is 0 Å². The number of hydrogen-bond acceptors (Lipinski definition) is 2. The number of halogens is 1. The summed E-state index contributed by atoms with van der Waals surface area (Å²) < 4.78 is 13.2. The topological polar surface area (TPSA) is 23.5 Å². The number of aliphatic hydroxyl groups is 1. The molecule has 3 heteroatoms. The quantitative estimate of drug-likeness (QED) is 0.871. The monoisotopic (exact) mass is 239 g/mol. The van der Waals surface area contributed by atoms with Crippen molar-refractivity contribution in [3.8, 4) is 0 Å². The first-order chi connectivity index (χ1) is 7.84. The van der Waals surface area contributed by atoms with Gasteiger partial charge in [-0.2, -0.15) is 0 Å². The Hall–Kier alpha value is -1.09. The largest absolute Gasteiger partial charge is 0.389 e. The van der Waals surface area contributed by atoms with Gasteiger partial charge in [-0.25, -0.2) is 4.39 Å². The Kier molecular flexibility index (Phi) is 4.52. The molecule has 0 radical (unpaired) electrons.